The van der Waals surface area contributed by atoms with Gasteiger partial charge in [0.1, 0.15) is 6.04 Å². The molecular formula is C27H28Cl2N2O2. The van der Waals surface area contributed by atoms with Crippen LogP contribution in [0.25, 0.3) is 0 Å². The highest BCUT2D eigenvalue weighted by molar-refractivity contribution is 6.35. The topological polar surface area (TPSA) is 49.4 Å². The number of rotatable bonds is 8. The van der Waals surface area contributed by atoms with E-state index in [1.54, 1.807) is 30.1 Å². The minimum absolute atomic E-state index is 0.143. The van der Waals surface area contributed by atoms with Gasteiger partial charge >= 0.3 is 0 Å². The van der Waals surface area contributed by atoms with Crippen molar-refractivity contribution in [2.75, 3.05) is 7.05 Å². The Balaban J connectivity index is 1.99. The number of amides is 2. The molecule has 0 aromatic heterocycles. The molecule has 3 aromatic rings. The second kappa shape index (κ2) is 11.4. The number of nitrogens with one attached hydrogen (secondary N) is 1. The molecule has 3 aromatic carbocycles. The summed E-state index contributed by atoms with van der Waals surface area (Å²) in [7, 11) is 1.59. The summed E-state index contributed by atoms with van der Waals surface area (Å²) >= 11 is 12.5. The van der Waals surface area contributed by atoms with Gasteiger partial charge in [0.25, 0.3) is 0 Å². The number of hydrogen-bond donors (Lipinski definition) is 1. The van der Waals surface area contributed by atoms with Gasteiger partial charge in [-0.3, -0.25) is 9.59 Å². The van der Waals surface area contributed by atoms with E-state index in [0.717, 1.165) is 27.8 Å². The van der Waals surface area contributed by atoms with Gasteiger partial charge in [0.15, 0.2) is 0 Å². The van der Waals surface area contributed by atoms with Crippen molar-refractivity contribution in [1.82, 2.24) is 10.2 Å². The van der Waals surface area contributed by atoms with Gasteiger partial charge in [-0.05, 0) is 42.7 Å². The van der Waals surface area contributed by atoms with Gasteiger partial charge in [-0.25, -0.2) is 0 Å². The maximum atomic E-state index is 13.6. The highest BCUT2D eigenvalue weighted by Crippen LogP contribution is 2.24. The van der Waals surface area contributed by atoms with Crippen molar-refractivity contribution in [3.05, 3.63) is 105 Å². The summed E-state index contributed by atoms with van der Waals surface area (Å²) in [4.78, 5) is 28.3. The maximum absolute atomic E-state index is 13.6. The molecule has 0 aliphatic rings. The van der Waals surface area contributed by atoms with Crippen LogP contribution in [0.2, 0.25) is 10.0 Å². The van der Waals surface area contributed by atoms with Gasteiger partial charge in [-0.2, -0.15) is 0 Å². The van der Waals surface area contributed by atoms with Crippen molar-refractivity contribution < 1.29 is 9.59 Å². The van der Waals surface area contributed by atoms with E-state index < -0.39 is 6.04 Å². The number of aryl methyl sites for hydroxylation is 2. The van der Waals surface area contributed by atoms with Crippen LogP contribution in [-0.4, -0.2) is 29.8 Å². The number of benzene rings is 3. The lowest BCUT2D eigenvalue weighted by atomic mass is 10.0. The molecule has 4 nitrogen and oxygen atoms in total. The number of carbonyl (C=O) groups excluding carboxylic acids is 2. The fourth-order valence-electron chi connectivity index (χ4n) is 4.00. The number of nitrogens with zero attached hydrogens (tertiary/aromatic N) is 1. The summed E-state index contributed by atoms with van der Waals surface area (Å²) in [6, 6.07) is 20.3. The van der Waals surface area contributed by atoms with Crippen LogP contribution in [0.4, 0.5) is 0 Å². The molecule has 0 heterocycles. The number of likely N-dealkylation sites (N-methyl/N-ethyl adjacent to an activating group) is 1. The number of carbonyl (C=O) groups is 2. The van der Waals surface area contributed by atoms with Gasteiger partial charge in [-0.15, -0.1) is 0 Å². The Bertz CT molecular complexity index is 1110. The molecule has 0 spiro atoms. The maximum Gasteiger partial charge on any atom is 0.242 e. The van der Waals surface area contributed by atoms with Gasteiger partial charge in [0.05, 0.1) is 6.42 Å². The number of hydrogen-bond acceptors (Lipinski definition) is 2. The smallest absolute Gasteiger partial charge is 0.242 e. The van der Waals surface area contributed by atoms with Crippen LogP contribution >= 0.6 is 23.2 Å². The third-order valence-electron chi connectivity index (χ3n) is 5.51. The van der Waals surface area contributed by atoms with Crippen LogP contribution in [0.3, 0.4) is 0 Å². The minimum Gasteiger partial charge on any atom is -0.357 e. The van der Waals surface area contributed by atoms with Gasteiger partial charge in [0, 0.05) is 30.1 Å². The summed E-state index contributed by atoms with van der Waals surface area (Å²) in [5.41, 5.74) is 4.81. The molecule has 0 bridgehead atoms. The Morgan fingerprint density at radius 3 is 2.18 bits per heavy atom. The van der Waals surface area contributed by atoms with Gasteiger partial charge in [-0.1, -0.05) is 88.9 Å². The lowest BCUT2D eigenvalue weighted by molar-refractivity contribution is -0.140. The van der Waals surface area contributed by atoms with Crippen molar-refractivity contribution >= 4 is 35.0 Å². The zero-order valence-electron chi connectivity index (χ0n) is 19.1. The molecule has 0 saturated carbocycles. The molecule has 33 heavy (non-hydrogen) atoms. The quantitative estimate of drug-likeness (QED) is 0.458. The lowest BCUT2D eigenvalue weighted by Crippen LogP contribution is -2.50. The molecule has 3 rings (SSSR count). The summed E-state index contributed by atoms with van der Waals surface area (Å²) in [6.45, 7) is 4.22. The van der Waals surface area contributed by atoms with E-state index in [2.05, 4.69) is 11.4 Å². The van der Waals surface area contributed by atoms with Gasteiger partial charge in [0.2, 0.25) is 11.8 Å². The predicted octanol–water partition coefficient (Wildman–Crippen LogP) is 5.54. The SMILES string of the molecule is CNC(=O)C(Cc1ccccc1)N(Cc1ccc(Cl)cc1Cl)C(=O)Cc1cc(C)cc(C)c1. The Hall–Kier alpha value is -2.82. The van der Waals surface area contributed by atoms with Crippen LogP contribution in [-0.2, 0) is 29.0 Å². The third kappa shape index (κ3) is 6.83. The van der Waals surface area contributed by atoms with Crippen LogP contribution in [0.15, 0.2) is 66.7 Å². The Morgan fingerprint density at radius 1 is 0.909 bits per heavy atom. The standard InChI is InChI=1S/C27H28Cl2N2O2/c1-18-11-19(2)13-21(12-18)15-26(32)31(17-22-9-10-23(28)16-24(22)29)25(27(33)30-3)14-20-7-5-4-6-8-20/h4-13,16,25H,14-15,17H2,1-3H3,(H,30,33). The molecule has 0 fully saturated rings. The van der Waals surface area contributed by atoms with E-state index in [1.807, 2.05) is 56.3 Å². The van der Waals surface area contributed by atoms with E-state index in [0.29, 0.717) is 16.5 Å². The molecule has 0 aliphatic heterocycles. The zero-order valence-corrected chi connectivity index (χ0v) is 20.6. The highest BCUT2D eigenvalue weighted by atomic mass is 35.5. The second-order valence-corrected chi connectivity index (χ2v) is 9.09. The third-order valence-corrected chi connectivity index (χ3v) is 6.10. The Kier molecular flexibility index (Phi) is 8.54. The van der Waals surface area contributed by atoms with Crippen LogP contribution in [0.1, 0.15) is 27.8 Å². The first-order valence-corrected chi connectivity index (χ1v) is 11.6. The number of halogens is 2. The van der Waals surface area contributed by atoms with Crippen LogP contribution in [0.5, 0.6) is 0 Å². The summed E-state index contributed by atoms with van der Waals surface area (Å²) in [6.07, 6.45) is 0.584. The summed E-state index contributed by atoms with van der Waals surface area (Å²) in [5.74, 6) is -0.367. The molecule has 0 radical (unpaired) electrons. The zero-order chi connectivity index (χ0) is 24.0. The van der Waals surface area contributed by atoms with E-state index >= 15 is 0 Å². The first kappa shape index (κ1) is 24.8. The van der Waals surface area contributed by atoms with Crippen LogP contribution in [0, 0.1) is 13.8 Å². The van der Waals surface area contributed by atoms with Crippen molar-refractivity contribution in [3.63, 3.8) is 0 Å². The fraction of sp³-hybridized carbons (Fsp3) is 0.259. The lowest BCUT2D eigenvalue weighted by Gasteiger charge is -2.31. The van der Waals surface area contributed by atoms with Crippen molar-refractivity contribution in [3.8, 4) is 0 Å². The molecule has 0 aliphatic carbocycles. The second-order valence-electron chi connectivity index (χ2n) is 8.25. The van der Waals surface area contributed by atoms with E-state index in [4.69, 9.17) is 23.2 Å². The molecule has 6 heteroatoms. The molecule has 0 saturated heterocycles. The van der Waals surface area contributed by atoms with E-state index in [9.17, 15) is 9.59 Å². The van der Waals surface area contributed by atoms with Crippen molar-refractivity contribution in [1.29, 1.82) is 0 Å². The van der Waals surface area contributed by atoms with Crippen LogP contribution < -0.4 is 5.32 Å². The van der Waals surface area contributed by atoms with Crippen molar-refractivity contribution in [2.24, 2.45) is 0 Å². The Morgan fingerprint density at radius 2 is 1.58 bits per heavy atom. The minimum atomic E-state index is -0.692. The van der Waals surface area contributed by atoms with Gasteiger partial charge < -0.3 is 10.2 Å². The van der Waals surface area contributed by atoms with E-state index in [-0.39, 0.29) is 24.8 Å². The predicted molar refractivity (Wildman–Crippen MR) is 135 cm³/mol. The van der Waals surface area contributed by atoms with E-state index in [1.165, 1.54) is 0 Å². The molecule has 1 atom stereocenters. The largest absolute Gasteiger partial charge is 0.357 e. The first-order valence-electron chi connectivity index (χ1n) is 10.8. The monoisotopic (exact) mass is 482 g/mol. The normalized spacial score (nSPS) is 11.7. The summed E-state index contributed by atoms with van der Waals surface area (Å²) < 4.78 is 0. The first-order chi connectivity index (χ1) is 15.8. The summed E-state index contributed by atoms with van der Waals surface area (Å²) in [5, 5.41) is 3.70. The van der Waals surface area contributed by atoms with Crippen molar-refractivity contribution in [2.45, 2.75) is 39.3 Å². The highest BCUT2D eigenvalue weighted by Gasteiger charge is 2.30. The average Bonchev–Trinajstić information content (AvgIpc) is 2.76. The molecule has 2 amide bonds. The molecule has 1 unspecified atom stereocenters. The fourth-order valence-corrected chi connectivity index (χ4v) is 4.47. The molecular weight excluding hydrogens is 455 g/mol. The molecule has 1 N–H and O–H groups in total. The molecule has 172 valence electrons. The Labute approximate surface area is 205 Å². The average molecular weight is 483 g/mol.